The zero-order valence-corrected chi connectivity index (χ0v) is 16.5. The van der Waals surface area contributed by atoms with Gasteiger partial charge in [0.25, 0.3) is 0 Å². The van der Waals surface area contributed by atoms with Crippen molar-refractivity contribution in [3.05, 3.63) is 90.0 Å². The van der Waals surface area contributed by atoms with E-state index in [9.17, 15) is 13.2 Å². The average Bonchev–Trinajstić information content (AvgIpc) is 2.87. The molecule has 0 fully saturated rings. The number of nitrogens with zero attached hydrogens (tertiary/aromatic N) is 3. The van der Waals surface area contributed by atoms with Gasteiger partial charge < -0.3 is 4.90 Å². The van der Waals surface area contributed by atoms with Gasteiger partial charge in [-0.25, -0.2) is 9.97 Å². The Morgan fingerprint density at radius 2 is 1.67 bits per heavy atom. The van der Waals surface area contributed by atoms with E-state index in [1.165, 1.54) is 5.56 Å². The van der Waals surface area contributed by atoms with Crippen LogP contribution in [0.4, 0.5) is 13.2 Å². The molecule has 0 saturated carbocycles. The van der Waals surface area contributed by atoms with Crippen molar-refractivity contribution in [2.45, 2.75) is 32.0 Å². The molecule has 3 nitrogen and oxygen atoms in total. The van der Waals surface area contributed by atoms with Crippen molar-refractivity contribution in [3.63, 3.8) is 0 Å². The summed E-state index contributed by atoms with van der Waals surface area (Å²) >= 11 is 0. The van der Waals surface area contributed by atoms with Gasteiger partial charge in [0, 0.05) is 30.2 Å². The molecule has 2 heterocycles. The Hall–Kier alpha value is -3.15. The van der Waals surface area contributed by atoms with Gasteiger partial charge >= 0.3 is 6.18 Å². The molecule has 30 heavy (non-hydrogen) atoms. The minimum atomic E-state index is -4.20. The zero-order valence-electron chi connectivity index (χ0n) is 16.5. The first-order valence-electron chi connectivity index (χ1n) is 9.88. The van der Waals surface area contributed by atoms with E-state index in [0.29, 0.717) is 6.54 Å². The Kier molecular flexibility index (Phi) is 5.57. The number of rotatable bonds is 4. The Bertz CT molecular complexity index is 1030. The minimum absolute atomic E-state index is 0.263. The number of benzene rings is 2. The van der Waals surface area contributed by atoms with Crippen molar-refractivity contribution in [1.82, 2.24) is 14.9 Å². The van der Waals surface area contributed by atoms with Crippen molar-refractivity contribution < 1.29 is 13.2 Å². The fourth-order valence-electron chi connectivity index (χ4n) is 3.81. The van der Waals surface area contributed by atoms with E-state index >= 15 is 0 Å². The lowest BCUT2D eigenvalue weighted by atomic mass is 9.95. The number of aryl methyl sites for hydroxylation is 1. The molecule has 1 aliphatic rings. The monoisotopic (exact) mass is 409 g/mol. The molecular weight excluding hydrogens is 387 g/mol. The number of hydrogen-bond acceptors (Lipinski definition) is 3. The summed E-state index contributed by atoms with van der Waals surface area (Å²) in [4.78, 5) is 10.8. The van der Waals surface area contributed by atoms with Crippen molar-refractivity contribution in [3.8, 4) is 11.1 Å². The van der Waals surface area contributed by atoms with Crippen LogP contribution < -0.4 is 0 Å². The maximum atomic E-state index is 12.6. The van der Waals surface area contributed by atoms with E-state index in [1.54, 1.807) is 42.7 Å². The van der Waals surface area contributed by atoms with Crippen LogP contribution in [0.5, 0.6) is 0 Å². The fourth-order valence-corrected chi connectivity index (χ4v) is 3.81. The highest BCUT2D eigenvalue weighted by Crippen LogP contribution is 2.32. The van der Waals surface area contributed by atoms with Gasteiger partial charge in [0.2, 0.25) is 0 Å². The summed E-state index contributed by atoms with van der Waals surface area (Å²) in [7, 11) is 0. The summed E-state index contributed by atoms with van der Waals surface area (Å²) in [5.41, 5.74) is 5.34. The smallest absolute Gasteiger partial charge is 0.364 e. The Labute approximate surface area is 173 Å². The van der Waals surface area contributed by atoms with Crippen LogP contribution in [0.3, 0.4) is 0 Å². The third-order valence-electron chi connectivity index (χ3n) is 5.32. The first-order valence-corrected chi connectivity index (χ1v) is 9.88. The molecule has 6 heteroatoms. The predicted octanol–water partition coefficient (Wildman–Crippen LogP) is 5.67. The normalized spacial score (nSPS) is 14.4. The summed E-state index contributed by atoms with van der Waals surface area (Å²) in [6, 6.07) is 14.6. The second-order valence-corrected chi connectivity index (χ2v) is 7.50. The van der Waals surface area contributed by atoms with Crippen LogP contribution in [0, 0.1) is 0 Å². The highest BCUT2D eigenvalue weighted by molar-refractivity contribution is 5.73. The number of hydrogen-bond donors (Lipinski definition) is 0. The average molecular weight is 409 g/mol. The Balaban J connectivity index is 1.59. The molecular formula is C24H22F3N3. The van der Waals surface area contributed by atoms with Crippen molar-refractivity contribution >= 4 is 5.70 Å². The number of fused-ring (bicyclic) bond motifs is 1. The lowest BCUT2D eigenvalue weighted by Crippen LogP contribution is -2.22. The van der Waals surface area contributed by atoms with Crippen LogP contribution >= 0.6 is 0 Å². The van der Waals surface area contributed by atoms with E-state index in [1.807, 2.05) is 6.07 Å². The van der Waals surface area contributed by atoms with Gasteiger partial charge in [-0.15, -0.1) is 0 Å². The largest absolute Gasteiger partial charge is 0.393 e. The standard InChI is InChI=1S/C24H22F3N3/c1-17-22-14-21(19-7-5-18(6-8-19)15-24(25,26)27)10-9-20(22)4-2-13-30(17)16-23-28-11-3-12-29-23/h3,5-12,14H,1-2,4,13,15-16H2. The second kappa shape index (κ2) is 8.30. The van der Waals surface area contributed by atoms with E-state index in [0.717, 1.165) is 47.6 Å². The number of halogens is 3. The Morgan fingerprint density at radius 3 is 2.37 bits per heavy atom. The van der Waals surface area contributed by atoms with Crippen LogP contribution in [0.2, 0.25) is 0 Å². The van der Waals surface area contributed by atoms with Crippen LogP contribution in [-0.2, 0) is 19.4 Å². The highest BCUT2D eigenvalue weighted by atomic mass is 19.4. The van der Waals surface area contributed by atoms with Gasteiger partial charge in [0.1, 0.15) is 5.82 Å². The van der Waals surface area contributed by atoms with Crippen LogP contribution in [0.25, 0.3) is 16.8 Å². The van der Waals surface area contributed by atoms with Crippen molar-refractivity contribution in [2.24, 2.45) is 0 Å². The second-order valence-electron chi connectivity index (χ2n) is 7.50. The van der Waals surface area contributed by atoms with Crippen molar-refractivity contribution in [1.29, 1.82) is 0 Å². The van der Waals surface area contributed by atoms with Crippen LogP contribution in [0.15, 0.2) is 67.5 Å². The fraction of sp³-hybridized carbons (Fsp3) is 0.250. The molecule has 0 aliphatic carbocycles. The molecule has 2 aromatic carbocycles. The maximum absolute atomic E-state index is 12.6. The molecule has 0 radical (unpaired) electrons. The molecule has 0 N–H and O–H groups in total. The molecule has 3 aromatic rings. The zero-order chi connectivity index (χ0) is 21.1. The van der Waals surface area contributed by atoms with Gasteiger partial charge in [-0.2, -0.15) is 13.2 Å². The van der Waals surface area contributed by atoms with Gasteiger partial charge in [-0.3, -0.25) is 0 Å². The molecule has 0 atom stereocenters. The minimum Gasteiger partial charge on any atom is -0.364 e. The number of aromatic nitrogens is 2. The topological polar surface area (TPSA) is 29.0 Å². The summed E-state index contributed by atoms with van der Waals surface area (Å²) in [6.45, 7) is 5.79. The summed E-state index contributed by atoms with van der Waals surface area (Å²) < 4.78 is 37.8. The molecule has 1 aliphatic heterocycles. The summed E-state index contributed by atoms with van der Waals surface area (Å²) in [6.07, 6.45) is 0.310. The highest BCUT2D eigenvalue weighted by Gasteiger charge is 2.27. The molecule has 0 spiro atoms. The van der Waals surface area contributed by atoms with Gasteiger partial charge in [0.05, 0.1) is 13.0 Å². The molecule has 4 rings (SSSR count). The lowest BCUT2D eigenvalue weighted by Gasteiger charge is -2.25. The van der Waals surface area contributed by atoms with E-state index < -0.39 is 12.6 Å². The van der Waals surface area contributed by atoms with Crippen LogP contribution in [0.1, 0.15) is 28.9 Å². The molecule has 0 unspecified atom stereocenters. The van der Waals surface area contributed by atoms with E-state index in [2.05, 4.69) is 33.6 Å². The first kappa shape index (κ1) is 20.1. The Morgan fingerprint density at radius 1 is 0.967 bits per heavy atom. The van der Waals surface area contributed by atoms with Gasteiger partial charge in [0.15, 0.2) is 0 Å². The van der Waals surface area contributed by atoms with E-state index in [4.69, 9.17) is 0 Å². The van der Waals surface area contributed by atoms with Gasteiger partial charge in [-0.05, 0) is 47.2 Å². The van der Waals surface area contributed by atoms with Crippen LogP contribution in [-0.4, -0.2) is 27.6 Å². The van der Waals surface area contributed by atoms with Crippen molar-refractivity contribution in [2.75, 3.05) is 6.54 Å². The number of alkyl halides is 3. The third kappa shape index (κ3) is 4.70. The molecule has 0 amide bonds. The summed E-state index contributed by atoms with van der Waals surface area (Å²) in [5.74, 6) is 0.749. The molecule has 0 saturated heterocycles. The molecule has 154 valence electrons. The first-order chi connectivity index (χ1) is 14.4. The van der Waals surface area contributed by atoms with Gasteiger partial charge in [-0.1, -0.05) is 43.0 Å². The maximum Gasteiger partial charge on any atom is 0.393 e. The molecule has 0 bridgehead atoms. The third-order valence-corrected chi connectivity index (χ3v) is 5.32. The predicted molar refractivity (Wildman–Crippen MR) is 111 cm³/mol. The summed E-state index contributed by atoms with van der Waals surface area (Å²) in [5, 5.41) is 0. The SMILES string of the molecule is C=C1c2cc(-c3ccc(CC(F)(F)F)cc3)ccc2CCCN1Cc1ncccn1. The quantitative estimate of drug-likeness (QED) is 0.556. The molecule has 1 aromatic heterocycles. The lowest BCUT2D eigenvalue weighted by molar-refractivity contribution is -0.127. The van der Waals surface area contributed by atoms with E-state index in [-0.39, 0.29) is 5.56 Å².